The Morgan fingerprint density at radius 3 is 2.58 bits per heavy atom. The Bertz CT molecular complexity index is 289. The Kier molecular flexibility index (Phi) is 5.64. The van der Waals surface area contributed by atoms with E-state index in [0.717, 1.165) is 38.8 Å². The van der Waals surface area contributed by atoms with Crippen molar-refractivity contribution in [2.24, 2.45) is 0 Å². The summed E-state index contributed by atoms with van der Waals surface area (Å²) < 4.78 is 0. The van der Waals surface area contributed by atoms with Crippen LogP contribution >= 0.6 is 0 Å². The van der Waals surface area contributed by atoms with E-state index in [-0.39, 0.29) is 12.2 Å². The average Bonchev–Trinajstić information content (AvgIpc) is 3.03. The molecule has 0 saturated carbocycles. The van der Waals surface area contributed by atoms with Crippen LogP contribution in [-0.4, -0.2) is 54.1 Å². The highest BCUT2D eigenvalue weighted by atomic mass is 16.2. The van der Waals surface area contributed by atoms with Crippen LogP contribution in [0, 0.1) is 0 Å². The van der Waals surface area contributed by atoms with Gasteiger partial charge in [0.1, 0.15) is 0 Å². The minimum absolute atomic E-state index is 0.0727. The highest BCUT2D eigenvalue weighted by Crippen LogP contribution is 2.18. The number of likely N-dealkylation sites (tertiary alicyclic amines) is 1. The van der Waals surface area contributed by atoms with Crippen molar-refractivity contribution in [1.29, 1.82) is 0 Å². The Morgan fingerprint density at radius 2 is 1.95 bits per heavy atom. The lowest BCUT2D eigenvalue weighted by molar-refractivity contribution is -0.130. The van der Waals surface area contributed by atoms with Crippen molar-refractivity contribution in [3.8, 4) is 0 Å². The molecule has 2 unspecified atom stereocenters. The first-order valence-electron chi connectivity index (χ1n) is 8.05. The molecule has 4 nitrogen and oxygen atoms in total. The first kappa shape index (κ1) is 14.8. The van der Waals surface area contributed by atoms with Crippen LogP contribution in [0.2, 0.25) is 0 Å². The number of rotatable bonds is 7. The van der Waals surface area contributed by atoms with E-state index < -0.39 is 0 Å². The van der Waals surface area contributed by atoms with Gasteiger partial charge in [0.25, 0.3) is 0 Å². The second-order valence-corrected chi connectivity index (χ2v) is 5.87. The minimum atomic E-state index is 0.0727. The first-order chi connectivity index (χ1) is 9.26. The zero-order chi connectivity index (χ0) is 13.7. The molecule has 0 bridgehead atoms. The van der Waals surface area contributed by atoms with Gasteiger partial charge in [-0.05, 0) is 38.8 Å². The summed E-state index contributed by atoms with van der Waals surface area (Å²) in [6.07, 6.45) is 7.21. The Balaban J connectivity index is 1.84. The van der Waals surface area contributed by atoms with Gasteiger partial charge in [-0.25, -0.2) is 0 Å². The van der Waals surface area contributed by atoms with Crippen LogP contribution in [0.3, 0.4) is 0 Å². The Hall–Kier alpha value is -0.610. The fourth-order valence-corrected chi connectivity index (χ4v) is 3.22. The molecule has 19 heavy (non-hydrogen) atoms. The molecule has 2 heterocycles. The van der Waals surface area contributed by atoms with Crippen molar-refractivity contribution in [3.05, 3.63) is 0 Å². The van der Waals surface area contributed by atoms with E-state index >= 15 is 0 Å². The SMILES string of the molecule is CCCCC1NC(CC)N(CCN2CCCC2)C1=O. The Labute approximate surface area is 117 Å². The van der Waals surface area contributed by atoms with Crippen LogP contribution in [0.15, 0.2) is 0 Å². The van der Waals surface area contributed by atoms with Gasteiger partial charge in [0.15, 0.2) is 0 Å². The van der Waals surface area contributed by atoms with Crippen LogP contribution in [0.1, 0.15) is 52.4 Å². The summed E-state index contributed by atoms with van der Waals surface area (Å²) in [5.41, 5.74) is 0. The summed E-state index contributed by atoms with van der Waals surface area (Å²) >= 11 is 0. The number of amides is 1. The second kappa shape index (κ2) is 7.25. The molecule has 0 aliphatic carbocycles. The van der Waals surface area contributed by atoms with Gasteiger partial charge in [0.05, 0.1) is 12.2 Å². The number of carbonyl (C=O) groups is 1. The lowest BCUT2D eigenvalue weighted by Crippen LogP contribution is -2.41. The molecule has 2 saturated heterocycles. The number of carbonyl (C=O) groups excluding carboxylic acids is 1. The average molecular weight is 267 g/mol. The zero-order valence-electron chi connectivity index (χ0n) is 12.5. The summed E-state index contributed by atoms with van der Waals surface area (Å²) in [6.45, 7) is 8.71. The molecule has 2 rings (SSSR count). The smallest absolute Gasteiger partial charge is 0.241 e. The van der Waals surface area contributed by atoms with Crippen molar-refractivity contribution < 1.29 is 4.79 Å². The van der Waals surface area contributed by atoms with Gasteiger partial charge in [0.2, 0.25) is 5.91 Å². The lowest BCUT2D eigenvalue weighted by atomic mass is 10.1. The maximum atomic E-state index is 12.4. The van der Waals surface area contributed by atoms with Gasteiger partial charge in [0, 0.05) is 13.1 Å². The van der Waals surface area contributed by atoms with Crippen molar-refractivity contribution >= 4 is 5.91 Å². The molecule has 1 N–H and O–H groups in total. The third-order valence-electron chi connectivity index (χ3n) is 4.44. The minimum Gasteiger partial charge on any atom is -0.325 e. The summed E-state index contributed by atoms with van der Waals surface area (Å²) in [4.78, 5) is 17.0. The molecule has 2 aliphatic rings. The van der Waals surface area contributed by atoms with Gasteiger partial charge in [-0.1, -0.05) is 26.7 Å². The van der Waals surface area contributed by atoms with Gasteiger partial charge < -0.3 is 9.80 Å². The van der Waals surface area contributed by atoms with E-state index in [1.54, 1.807) is 0 Å². The highest BCUT2D eigenvalue weighted by molar-refractivity contribution is 5.84. The van der Waals surface area contributed by atoms with E-state index in [4.69, 9.17) is 0 Å². The Morgan fingerprint density at radius 1 is 1.21 bits per heavy atom. The maximum absolute atomic E-state index is 12.4. The number of hydrogen-bond donors (Lipinski definition) is 1. The molecule has 1 amide bonds. The number of unbranched alkanes of at least 4 members (excludes halogenated alkanes) is 1. The van der Waals surface area contributed by atoms with Crippen molar-refractivity contribution in [2.75, 3.05) is 26.2 Å². The third kappa shape index (κ3) is 3.69. The third-order valence-corrected chi connectivity index (χ3v) is 4.44. The van der Waals surface area contributed by atoms with E-state index in [1.165, 1.54) is 25.9 Å². The predicted octanol–water partition coefficient (Wildman–Crippen LogP) is 1.81. The summed E-state index contributed by atoms with van der Waals surface area (Å²) in [5, 5.41) is 3.51. The lowest BCUT2D eigenvalue weighted by Gasteiger charge is -2.25. The maximum Gasteiger partial charge on any atom is 0.241 e. The van der Waals surface area contributed by atoms with Crippen LogP contribution in [0.5, 0.6) is 0 Å². The fraction of sp³-hybridized carbons (Fsp3) is 0.933. The van der Waals surface area contributed by atoms with Crippen LogP contribution in [-0.2, 0) is 4.79 Å². The van der Waals surface area contributed by atoms with Crippen molar-refractivity contribution in [3.63, 3.8) is 0 Å². The largest absolute Gasteiger partial charge is 0.325 e. The normalized spacial score (nSPS) is 28.5. The van der Waals surface area contributed by atoms with Crippen LogP contribution in [0.4, 0.5) is 0 Å². The number of nitrogens with zero attached hydrogens (tertiary/aromatic N) is 2. The molecule has 0 aromatic rings. The van der Waals surface area contributed by atoms with Gasteiger partial charge >= 0.3 is 0 Å². The van der Waals surface area contributed by atoms with Gasteiger partial charge in [-0.15, -0.1) is 0 Å². The van der Waals surface area contributed by atoms with Crippen molar-refractivity contribution in [2.45, 2.75) is 64.6 Å². The van der Waals surface area contributed by atoms with E-state index in [1.807, 2.05) is 0 Å². The molecular weight excluding hydrogens is 238 g/mol. The molecule has 2 aliphatic heterocycles. The highest BCUT2D eigenvalue weighted by Gasteiger charge is 2.37. The molecule has 0 aromatic carbocycles. The fourth-order valence-electron chi connectivity index (χ4n) is 3.22. The second-order valence-electron chi connectivity index (χ2n) is 5.87. The number of hydrogen-bond acceptors (Lipinski definition) is 3. The predicted molar refractivity (Wildman–Crippen MR) is 77.9 cm³/mol. The van der Waals surface area contributed by atoms with E-state index in [9.17, 15) is 4.79 Å². The van der Waals surface area contributed by atoms with Crippen molar-refractivity contribution in [1.82, 2.24) is 15.1 Å². The molecule has 0 radical (unpaired) electrons. The topological polar surface area (TPSA) is 35.6 Å². The standard InChI is InChI=1S/C15H29N3O/c1-3-5-8-13-15(19)18(14(4-2)16-13)12-11-17-9-6-7-10-17/h13-14,16H,3-12H2,1-2H3. The summed E-state index contributed by atoms with van der Waals surface area (Å²) in [6, 6.07) is 0.0727. The monoisotopic (exact) mass is 267 g/mol. The molecule has 2 atom stereocenters. The zero-order valence-corrected chi connectivity index (χ0v) is 12.5. The molecule has 0 aromatic heterocycles. The quantitative estimate of drug-likeness (QED) is 0.764. The van der Waals surface area contributed by atoms with Gasteiger partial charge in [-0.2, -0.15) is 0 Å². The van der Waals surface area contributed by atoms with Crippen LogP contribution < -0.4 is 5.32 Å². The van der Waals surface area contributed by atoms with E-state index in [0.29, 0.717) is 5.91 Å². The summed E-state index contributed by atoms with van der Waals surface area (Å²) in [5.74, 6) is 0.333. The van der Waals surface area contributed by atoms with Crippen LogP contribution in [0.25, 0.3) is 0 Å². The van der Waals surface area contributed by atoms with E-state index in [2.05, 4.69) is 29.0 Å². The molecule has 110 valence electrons. The summed E-state index contributed by atoms with van der Waals surface area (Å²) in [7, 11) is 0. The first-order valence-corrected chi connectivity index (χ1v) is 8.05. The van der Waals surface area contributed by atoms with Gasteiger partial charge in [-0.3, -0.25) is 10.1 Å². The molecule has 4 heteroatoms. The number of nitrogens with one attached hydrogen (secondary N) is 1. The molecule has 0 spiro atoms. The molecular formula is C15H29N3O. The molecule has 2 fully saturated rings.